The number of hydrogen-bond donors (Lipinski definition) is 2. The number of benzene rings is 3. The third-order valence-electron chi connectivity index (χ3n) is 4.09. The van der Waals surface area contributed by atoms with E-state index in [9.17, 15) is 13.2 Å². The molecule has 0 aliphatic rings. The van der Waals surface area contributed by atoms with E-state index in [4.69, 9.17) is 23.2 Å². The summed E-state index contributed by atoms with van der Waals surface area (Å²) >= 11 is 13.5. The van der Waals surface area contributed by atoms with Crippen LogP contribution in [0.2, 0.25) is 10.0 Å². The minimum Gasteiger partial charge on any atom is -0.322 e. The Morgan fingerprint density at radius 1 is 0.968 bits per heavy atom. The Kier molecular flexibility index (Phi) is 7.54. The van der Waals surface area contributed by atoms with Crippen LogP contribution in [0.5, 0.6) is 0 Å². The van der Waals surface area contributed by atoms with Crippen LogP contribution in [0.3, 0.4) is 0 Å². The first-order valence-corrected chi connectivity index (χ1v) is 12.4. The Balaban J connectivity index is 1.75. The molecule has 31 heavy (non-hydrogen) atoms. The van der Waals surface area contributed by atoms with E-state index in [1.54, 1.807) is 23.9 Å². The summed E-state index contributed by atoms with van der Waals surface area (Å²) < 4.78 is 27.7. The zero-order valence-electron chi connectivity index (χ0n) is 16.7. The van der Waals surface area contributed by atoms with E-state index in [2.05, 4.69) is 23.9 Å². The number of halogens is 2. The number of amides is 1. The third kappa shape index (κ3) is 6.17. The number of rotatable bonds is 7. The molecular weight excluding hydrogens is 475 g/mol. The van der Waals surface area contributed by atoms with E-state index in [0.717, 1.165) is 4.90 Å². The van der Waals surface area contributed by atoms with Gasteiger partial charge in [-0.05, 0) is 54.6 Å². The van der Waals surface area contributed by atoms with Crippen LogP contribution < -0.4 is 10.0 Å². The molecule has 0 heterocycles. The lowest BCUT2D eigenvalue weighted by Gasteiger charge is -2.12. The summed E-state index contributed by atoms with van der Waals surface area (Å²) in [5.41, 5.74) is 1.28. The third-order valence-corrected chi connectivity index (χ3v) is 7.10. The largest absolute Gasteiger partial charge is 0.322 e. The van der Waals surface area contributed by atoms with Gasteiger partial charge in [0.25, 0.3) is 15.9 Å². The Labute approximate surface area is 196 Å². The molecule has 0 saturated carbocycles. The highest BCUT2D eigenvalue weighted by atomic mass is 35.5. The average molecular weight is 495 g/mol. The molecule has 3 rings (SSSR count). The quantitative estimate of drug-likeness (QED) is 0.365. The SMILES string of the molecule is CC(C)Sc1ccccc1C(=O)Nc1ccc(S(=O)(=O)Nc2ccc(Cl)cc2Cl)cc1. The Hall–Kier alpha value is -2.19. The summed E-state index contributed by atoms with van der Waals surface area (Å²) in [5.74, 6) is -0.259. The van der Waals surface area contributed by atoms with E-state index in [1.807, 2.05) is 18.2 Å². The molecule has 5 nitrogen and oxygen atoms in total. The maximum atomic E-state index is 12.7. The molecule has 9 heteroatoms. The van der Waals surface area contributed by atoms with Crippen LogP contribution in [0.1, 0.15) is 24.2 Å². The van der Waals surface area contributed by atoms with Gasteiger partial charge in [0.1, 0.15) is 0 Å². The molecule has 0 saturated heterocycles. The fraction of sp³-hybridized carbons (Fsp3) is 0.136. The normalized spacial score (nSPS) is 11.4. The van der Waals surface area contributed by atoms with Crippen molar-refractivity contribution in [1.29, 1.82) is 0 Å². The van der Waals surface area contributed by atoms with E-state index < -0.39 is 10.0 Å². The summed E-state index contributed by atoms with van der Waals surface area (Å²) in [6, 6.07) is 17.7. The molecule has 0 atom stereocenters. The summed E-state index contributed by atoms with van der Waals surface area (Å²) in [5, 5.41) is 3.74. The molecule has 0 bridgehead atoms. The van der Waals surface area contributed by atoms with Gasteiger partial charge in [-0.3, -0.25) is 9.52 Å². The van der Waals surface area contributed by atoms with E-state index in [-0.39, 0.29) is 21.5 Å². The number of carbonyl (C=O) groups is 1. The van der Waals surface area contributed by atoms with Crippen LogP contribution in [-0.2, 0) is 10.0 Å². The Morgan fingerprint density at radius 2 is 1.65 bits per heavy atom. The van der Waals surface area contributed by atoms with Crippen LogP contribution >= 0.6 is 35.0 Å². The molecule has 0 radical (unpaired) electrons. The van der Waals surface area contributed by atoms with Crippen molar-refractivity contribution in [1.82, 2.24) is 0 Å². The average Bonchev–Trinajstić information content (AvgIpc) is 2.70. The highest BCUT2D eigenvalue weighted by Crippen LogP contribution is 2.29. The summed E-state index contributed by atoms with van der Waals surface area (Å²) in [6.45, 7) is 4.12. The lowest BCUT2D eigenvalue weighted by molar-refractivity contribution is 0.102. The van der Waals surface area contributed by atoms with E-state index >= 15 is 0 Å². The number of sulfonamides is 1. The number of anilines is 2. The standard InChI is InChI=1S/C22H20Cl2N2O3S2/c1-14(2)30-21-6-4-3-5-18(21)22(27)25-16-8-10-17(11-9-16)31(28,29)26-20-12-7-15(23)13-19(20)24/h3-14,26H,1-2H3,(H,25,27). The van der Waals surface area contributed by atoms with Gasteiger partial charge in [-0.25, -0.2) is 8.42 Å². The minimum absolute atomic E-state index is 0.0345. The van der Waals surface area contributed by atoms with Crippen molar-refractivity contribution >= 4 is 62.3 Å². The number of nitrogens with one attached hydrogen (secondary N) is 2. The zero-order chi connectivity index (χ0) is 22.6. The highest BCUT2D eigenvalue weighted by molar-refractivity contribution is 8.00. The maximum absolute atomic E-state index is 12.7. The molecule has 3 aromatic rings. The second-order valence-electron chi connectivity index (χ2n) is 6.87. The predicted octanol–water partition coefficient (Wildman–Crippen LogP) is 6.55. The van der Waals surface area contributed by atoms with Crippen LogP contribution in [-0.4, -0.2) is 19.6 Å². The maximum Gasteiger partial charge on any atom is 0.261 e. The predicted molar refractivity (Wildman–Crippen MR) is 129 cm³/mol. The molecule has 2 N–H and O–H groups in total. The lowest BCUT2D eigenvalue weighted by atomic mass is 10.2. The van der Waals surface area contributed by atoms with Gasteiger partial charge in [0.2, 0.25) is 0 Å². The molecule has 0 aliphatic carbocycles. The van der Waals surface area contributed by atoms with Crippen molar-refractivity contribution < 1.29 is 13.2 Å². The molecular formula is C22H20Cl2N2O3S2. The van der Waals surface area contributed by atoms with Gasteiger partial charge < -0.3 is 5.32 Å². The van der Waals surface area contributed by atoms with Crippen molar-refractivity contribution in [2.75, 3.05) is 10.0 Å². The number of carbonyl (C=O) groups excluding carboxylic acids is 1. The number of thioether (sulfide) groups is 1. The summed E-state index contributed by atoms with van der Waals surface area (Å²) in [6.07, 6.45) is 0. The first kappa shape index (κ1) is 23.5. The molecule has 0 spiro atoms. The van der Waals surface area contributed by atoms with Crippen molar-refractivity contribution in [2.45, 2.75) is 28.9 Å². The second kappa shape index (κ2) is 9.96. The van der Waals surface area contributed by atoms with Gasteiger partial charge in [-0.1, -0.05) is 49.2 Å². The molecule has 3 aromatic carbocycles. The van der Waals surface area contributed by atoms with Crippen LogP contribution in [0.15, 0.2) is 76.5 Å². The molecule has 0 unspecified atom stereocenters. The molecule has 162 valence electrons. The summed E-state index contributed by atoms with van der Waals surface area (Å²) in [4.78, 5) is 13.6. The highest BCUT2D eigenvalue weighted by Gasteiger charge is 2.17. The van der Waals surface area contributed by atoms with Crippen molar-refractivity contribution in [3.63, 3.8) is 0 Å². The van der Waals surface area contributed by atoms with Gasteiger partial charge in [0.15, 0.2) is 0 Å². The smallest absolute Gasteiger partial charge is 0.261 e. The lowest BCUT2D eigenvalue weighted by Crippen LogP contribution is -2.15. The van der Waals surface area contributed by atoms with Crippen LogP contribution in [0, 0.1) is 0 Å². The van der Waals surface area contributed by atoms with E-state index in [1.165, 1.54) is 36.4 Å². The molecule has 0 fully saturated rings. The van der Waals surface area contributed by atoms with Crippen molar-refractivity contribution in [3.05, 3.63) is 82.3 Å². The Morgan fingerprint density at radius 3 is 2.29 bits per heavy atom. The van der Waals surface area contributed by atoms with Crippen molar-refractivity contribution in [3.8, 4) is 0 Å². The molecule has 0 aliphatic heterocycles. The van der Waals surface area contributed by atoms with Gasteiger partial charge >= 0.3 is 0 Å². The minimum atomic E-state index is -3.86. The number of hydrogen-bond acceptors (Lipinski definition) is 4. The molecule has 0 aromatic heterocycles. The fourth-order valence-corrected chi connectivity index (χ4v) is 5.25. The zero-order valence-corrected chi connectivity index (χ0v) is 19.9. The van der Waals surface area contributed by atoms with Gasteiger partial charge in [0, 0.05) is 20.9 Å². The fourth-order valence-electron chi connectivity index (χ4n) is 2.70. The summed E-state index contributed by atoms with van der Waals surface area (Å²) in [7, 11) is -3.86. The van der Waals surface area contributed by atoms with Crippen LogP contribution in [0.4, 0.5) is 11.4 Å². The Bertz CT molecular complexity index is 1200. The van der Waals surface area contributed by atoms with Gasteiger partial charge in [-0.2, -0.15) is 0 Å². The van der Waals surface area contributed by atoms with Gasteiger partial charge in [0.05, 0.1) is 21.2 Å². The van der Waals surface area contributed by atoms with Gasteiger partial charge in [-0.15, -0.1) is 11.8 Å². The monoisotopic (exact) mass is 494 g/mol. The first-order chi connectivity index (χ1) is 14.7. The molecule has 1 amide bonds. The second-order valence-corrected chi connectivity index (χ2v) is 11.0. The topological polar surface area (TPSA) is 75.3 Å². The van der Waals surface area contributed by atoms with E-state index in [0.29, 0.717) is 21.5 Å². The first-order valence-electron chi connectivity index (χ1n) is 9.30. The van der Waals surface area contributed by atoms with Crippen LogP contribution in [0.25, 0.3) is 0 Å². The van der Waals surface area contributed by atoms with Crippen molar-refractivity contribution in [2.24, 2.45) is 0 Å².